The van der Waals surface area contributed by atoms with Gasteiger partial charge in [-0.2, -0.15) is 0 Å². The number of carbonyl (C=O) groups excluding carboxylic acids is 2. The Balaban J connectivity index is 2.36. The van der Waals surface area contributed by atoms with Crippen LogP contribution in [-0.4, -0.2) is 52.0 Å². The molecule has 1 atom stereocenters. The molecule has 0 aliphatic carbocycles. The number of benzene rings is 1. The molecule has 1 unspecified atom stereocenters. The monoisotopic (exact) mass is 390 g/mol. The number of aliphatic carboxylic acids is 1. The minimum atomic E-state index is -1.21. The molecule has 106 valence electrons. The minimum absolute atomic E-state index is 0.0159. The van der Waals surface area contributed by atoms with Crippen molar-refractivity contribution in [1.82, 2.24) is 10.2 Å². The standard InChI is InChI=1S/C12H11IN2O5/c13-6-1-2-9(16)7(3-6)11(18)15-5-10(17)14-4-8(15)12(19)20/h1-3,8,16H,4-5H2,(H,14,17)(H,19,20). The highest BCUT2D eigenvalue weighted by molar-refractivity contribution is 14.1. The average molecular weight is 390 g/mol. The number of hydrogen-bond donors (Lipinski definition) is 3. The molecule has 1 aromatic rings. The Hall–Kier alpha value is -1.84. The van der Waals surface area contributed by atoms with Crippen LogP contribution in [0.5, 0.6) is 5.75 Å². The van der Waals surface area contributed by atoms with Crippen LogP contribution in [0.3, 0.4) is 0 Å². The maximum Gasteiger partial charge on any atom is 0.328 e. The van der Waals surface area contributed by atoms with Gasteiger partial charge in [0, 0.05) is 10.1 Å². The number of carboxylic acid groups (broad SMARTS) is 1. The van der Waals surface area contributed by atoms with E-state index in [1.54, 1.807) is 6.07 Å². The summed E-state index contributed by atoms with van der Waals surface area (Å²) in [6.07, 6.45) is 0. The number of aromatic hydroxyl groups is 1. The fourth-order valence-corrected chi connectivity index (χ4v) is 2.40. The topological polar surface area (TPSA) is 107 Å². The predicted molar refractivity (Wildman–Crippen MR) is 76.3 cm³/mol. The first-order valence-corrected chi connectivity index (χ1v) is 6.77. The van der Waals surface area contributed by atoms with Gasteiger partial charge in [0.1, 0.15) is 18.3 Å². The van der Waals surface area contributed by atoms with Crippen LogP contribution in [0.4, 0.5) is 0 Å². The van der Waals surface area contributed by atoms with Gasteiger partial charge < -0.3 is 20.4 Å². The molecule has 3 N–H and O–H groups in total. The lowest BCUT2D eigenvalue weighted by Crippen LogP contribution is -2.59. The normalized spacial score (nSPS) is 18.6. The molecule has 1 fully saturated rings. The molecule has 0 aromatic heterocycles. The molecule has 2 amide bonds. The number of rotatable bonds is 2. The zero-order valence-electron chi connectivity index (χ0n) is 10.2. The Morgan fingerprint density at radius 1 is 1.40 bits per heavy atom. The highest BCUT2D eigenvalue weighted by Gasteiger charge is 2.36. The van der Waals surface area contributed by atoms with E-state index in [-0.39, 0.29) is 24.4 Å². The number of nitrogens with zero attached hydrogens (tertiary/aromatic N) is 1. The molecule has 7 nitrogen and oxygen atoms in total. The van der Waals surface area contributed by atoms with Crippen molar-refractivity contribution in [2.24, 2.45) is 0 Å². The smallest absolute Gasteiger partial charge is 0.328 e. The summed E-state index contributed by atoms with van der Waals surface area (Å²) >= 11 is 1.97. The summed E-state index contributed by atoms with van der Waals surface area (Å²) in [5.41, 5.74) is -0.0159. The molecule has 0 spiro atoms. The summed E-state index contributed by atoms with van der Waals surface area (Å²) in [5.74, 6) is -2.56. The van der Waals surface area contributed by atoms with E-state index in [9.17, 15) is 19.5 Å². The summed E-state index contributed by atoms with van der Waals surface area (Å²) in [7, 11) is 0. The third-order valence-corrected chi connectivity index (χ3v) is 3.59. The van der Waals surface area contributed by atoms with Crippen LogP contribution in [0.1, 0.15) is 10.4 Å². The zero-order valence-corrected chi connectivity index (χ0v) is 12.3. The molecule has 1 aliphatic heterocycles. The molecule has 0 bridgehead atoms. The van der Waals surface area contributed by atoms with Crippen LogP contribution in [0.25, 0.3) is 0 Å². The first kappa shape index (κ1) is 14.6. The molecule has 1 heterocycles. The second-order valence-electron chi connectivity index (χ2n) is 4.25. The van der Waals surface area contributed by atoms with Gasteiger partial charge in [-0.05, 0) is 40.8 Å². The van der Waals surface area contributed by atoms with Gasteiger partial charge in [-0.25, -0.2) is 4.79 Å². The predicted octanol–water partition coefficient (Wildman–Crippen LogP) is 0.0220. The van der Waals surface area contributed by atoms with Gasteiger partial charge in [0.05, 0.1) is 5.56 Å². The van der Waals surface area contributed by atoms with E-state index in [2.05, 4.69) is 5.32 Å². The number of carbonyl (C=O) groups is 3. The van der Waals surface area contributed by atoms with Crippen LogP contribution < -0.4 is 5.32 Å². The second kappa shape index (κ2) is 5.65. The lowest BCUT2D eigenvalue weighted by molar-refractivity contribution is -0.144. The fourth-order valence-electron chi connectivity index (χ4n) is 1.91. The second-order valence-corrected chi connectivity index (χ2v) is 5.50. The Labute approximate surface area is 127 Å². The third-order valence-electron chi connectivity index (χ3n) is 2.92. The lowest BCUT2D eigenvalue weighted by Gasteiger charge is -2.32. The largest absolute Gasteiger partial charge is 0.507 e. The highest BCUT2D eigenvalue weighted by Crippen LogP contribution is 2.22. The van der Waals surface area contributed by atoms with E-state index in [1.807, 2.05) is 22.6 Å². The molecule has 1 aliphatic rings. The molecular weight excluding hydrogens is 379 g/mol. The SMILES string of the molecule is O=C1CN(C(=O)c2cc(I)ccc2O)C(C(=O)O)CN1. The van der Waals surface area contributed by atoms with Gasteiger partial charge in [-0.3, -0.25) is 9.59 Å². The van der Waals surface area contributed by atoms with Gasteiger partial charge in [0.15, 0.2) is 0 Å². The summed E-state index contributed by atoms with van der Waals surface area (Å²) in [6.45, 7) is -0.495. The Morgan fingerprint density at radius 3 is 2.75 bits per heavy atom. The van der Waals surface area contributed by atoms with Crippen molar-refractivity contribution in [3.63, 3.8) is 0 Å². The number of amides is 2. The van der Waals surface area contributed by atoms with Gasteiger partial charge in [0.2, 0.25) is 5.91 Å². The van der Waals surface area contributed by atoms with E-state index in [4.69, 9.17) is 5.11 Å². The van der Waals surface area contributed by atoms with Crippen LogP contribution in [0.2, 0.25) is 0 Å². The Kier molecular flexibility index (Phi) is 4.12. The van der Waals surface area contributed by atoms with Crippen molar-refractivity contribution in [3.8, 4) is 5.75 Å². The first-order valence-electron chi connectivity index (χ1n) is 5.69. The maximum atomic E-state index is 12.4. The molecule has 2 rings (SSSR count). The van der Waals surface area contributed by atoms with Crippen LogP contribution in [-0.2, 0) is 9.59 Å². The molecular formula is C12H11IN2O5. The van der Waals surface area contributed by atoms with E-state index in [0.29, 0.717) is 0 Å². The molecule has 20 heavy (non-hydrogen) atoms. The van der Waals surface area contributed by atoms with Crippen molar-refractivity contribution >= 4 is 40.4 Å². The number of phenolic OH excluding ortho intramolecular Hbond substituents is 1. The number of phenols is 1. The number of hydrogen-bond acceptors (Lipinski definition) is 4. The van der Waals surface area contributed by atoms with E-state index >= 15 is 0 Å². The van der Waals surface area contributed by atoms with Crippen molar-refractivity contribution in [2.45, 2.75) is 6.04 Å². The number of halogens is 1. The molecule has 1 aromatic carbocycles. The fraction of sp³-hybridized carbons (Fsp3) is 0.250. The summed E-state index contributed by atoms with van der Waals surface area (Å²) in [5, 5.41) is 21.2. The maximum absolute atomic E-state index is 12.4. The lowest BCUT2D eigenvalue weighted by atomic mass is 10.1. The van der Waals surface area contributed by atoms with Crippen LogP contribution >= 0.6 is 22.6 Å². The summed E-state index contributed by atoms with van der Waals surface area (Å²) in [4.78, 5) is 35.8. The number of carboxylic acids is 1. The average Bonchev–Trinajstić information content (AvgIpc) is 2.40. The summed E-state index contributed by atoms with van der Waals surface area (Å²) < 4.78 is 0.720. The molecule has 0 radical (unpaired) electrons. The van der Waals surface area contributed by atoms with Crippen molar-refractivity contribution in [3.05, 3.63) is 27.3 Å². The zero-order chi connectivity index (χ0) is 14.9. The molecule has 0 saturated carbocycles. The van der Waals surface area contributed by atoms with E-state index < -0.39 is 23.8 Å². The van der Waals surface area contributed by atoms with Gasteiger partial charge in [-0.15, -0.1) is 0 Å². The van der Waals surface area contributed by atoms with Crippen molar-refractivity contribution in [2.75, 3.05) is 13.1 Å². The quantitative estimate of drug-likeness (QED) is 0.618. The summed E-state index contributed by atoms with van der Waals surface area (Å²) in [6, 6.07) is 3.28. The van der Waals surface area contributed by atoms with E-state index in [1.165, 1.54) is 12.1 Å². The highest BCUT2D eigenvalue weighted by atomic mass is 127. The van der Waals surface area contributed by atoms with Crippen molar-refractivity contribution < 1.29 is 24.6 Å². The van der Waals surface area contributed by atoms with E-state index in [0.717, 1.165) is 8.47 Å². The van der Waals surface area contributed by atoms with Crippen LogP contribution in [0, 0.1) is 3.57 Å². The molecule has 1 saturated heterocycles. The van der Waals surface area contributed by atoms with Crippen LogP contribution in [0.15, 0.2) is 18.2 Å². The minimum Gasteiger partial charge on any atom is -0.507 e. The Bertz CT molecular complexity index is 589. The van der Waals surface area contributed by atoms with Gasteiger partial charge >= 0.3 is 5.97 Å². The first-order chi connectivity index (χ1) is 9.40. The van der Waals surface area contributed by atoms with Gasteiger partial charge in [0.25, 0.3) is 5.91 Å². The Morgan fingerprint density at radius 2 is 2.10 bits per heavy atom. The third kappa shape index (κ3) is 2.84. The molecule has 8 heteroatoms. The van der Waals surface area contributed by atoms with Gasteiger partial charge in [-0.1, -0.05) is 0 Å². The number of nitrogens with one attached hydrogen (secondary N) is 1. The van der Waals surface area contributed by atoms with Crippen molar-refractivity contribution in [1.29, 1.82) is 0 Å². The number of piperazine rings is 1.